The van der Waals surface area contributed by atoms with E-state index in [9.17, 15) is 8.78 Å². The van der Waals surface area contributed by atoms with Crippen molar-refractivity contribution in [1.82, 2.24) is 9.97 Å². The fourth-order valence-electron chi connectivity index (χ4n) is 2.05. The number of aromatic nitrogens is 2. The van der Waals surface area contributed by atoms with Crippen molar-refractivity contribution in [1.29, 1.82) is 0 Å². The van der Waals surface area contributed by atoms with Crippen LogP contribution >= 0.6 is 27.3 Å². The predicted molar refractivity (Wildman–Crippen MR) is 69.9 cm³/mol. The Morgan fingerprint density at radius 2 is 2.17 bits per heavy atom. The second-order valence-electron chi connectivity index (χ2n) is 4.24. The van der Waals surface area contributed by atoms with Crippen LogP contribution in [0.4, 0.5) is 8.78 Å². The predicted octanol–water partition coefficient (Wildman–Crippen LogP) is 4.40. The van der Waals surface area contributed by atoms with Crippen LogP contribution in [0.5, 0.6) is 0 Å². The van der Waals surface area contributed by atoms with E-state index in [2.05, 4.69) is 25.9 Å². The fourth-order valence-corrected chi connectivity index (χ4v) is 3.55. The van der Waals surface area contributed by atoms with E-state index >= 15 is 0 Å². The van der Waals surface area contributed by atoms with Crippen molar-refractivity contribution in [2.24, 2.45) is 0 Å². The summed E-state index contributed by atoms with van der Waals surface area (Å²) in [7, 11) is 0. The lowest BCUT2D eigenvalue weighted by Crippen LogP contribution is -2.20. The van der Waals surface area contributed by atoms with E-state index in [1.165, 1.54) is 11.3 Å². The third kappa shape index (κ3) is 2.07. The highest BCUT2D eigenvalue weighted by Crippen LogP contribution is 2.43. The molecule has 0 radical (unpaired) electrons. The zero-order valence-electron chi connectivity index (χ0n) is 9.29. The molecule has 2 aromatic rings. The second-order valence-corrected chi connectivity index (χ2v) is 6.24. The summed E-state index contributed by atoms with van der Waals surface area (Å²) in [6.07, 6.45) is 4.43. The lowest BCUT2D eigenvalue weighted by molar-refractivity contribution is -0.0251. The van der Waals surface area contributed by atoms with Gasteiger partial charge in [0.15, 0.2) is 0 Å². The van der Waals surface area contributed by atoms with Crippen LogP contribution in [0, 0.1) is 0 Å². The van der Waals surface area contributed by atoms with Crippen molar-refractivity contribution >= 4 is 27.3 Å². The summed E-state index contributed by atoms with van der Waals surface area (Å²) in [6.45, 7) is 0. The smallest absolute Gasteiger partial charge is 0.263 e. The van der Waals surface area contributed by atoms with Crippen molar-refractivity contribution in [2.45, 2.75) is 25.2 Å². The molecule has 0 bridgehead atoms. The molecule has 2 aromatic heterocycles. The monoisotopic (exact) mass is 330 g/mol. The van der Waals surface area contributed by atoms with E-state index in [1.54, 1.807) is 12.4 Å². The van der Waals surface area contributed by atoms with Crippen LogP contribution < -0.4 is 0 Å². The van der Waals surface area contributed by atoms with Gasteiger partial charge in [0.05, 0.1) is 0 Å². The van der Waals surface area contributed by atoms with Crippen molar-refractivity contribution in [3.05, 3.63) is 33.5 Å². The van der Waals surface area contributed by atoms with E-state index in [-0.39, 0.29) is 12.1 Å². The quantitative estimate of drug-likeness (QED) is 0.774. The molecule has 0 N–H and O–H groups in total. The van der Waals surface area contributed by atoms with Gasteiger partial charge in [0.25, 0.3) is 5.92 Å². The van der Waals surface area contributed by atoms with Crippen LogP contribution in [0.2, 0.25) is 0 Å². The van der Waals surface area contributed by atoms with E-state index < -0.39 is 5.92 Å². The fraction of sp³-hybridized carbons (Fsp3) is 0.333. The van der Waals surface area contributed by atoms with Gasteiger partial charge in [-0.1, -0.05) is 0 Å². The summed E-state index contributed by atoms with van der Waals surface area (Å²) >= 11 is 4.67. The summed E-state index contributed by atoms with van der Waals surface area (Å²) in [5, 5.41) is 0.621. The van der Waals surface area contributed by atoms with E-state index in [0.717, 1.165) is 10.0 Å². The minimum Gasteiger partial charge on any atom is -0.263 e. The lowest BCUT2D eigenvalue weighted by atomic mass is 9.99. The largest absolute Gasteiger partial charge is 0.290 e. The first-order valence-electron chi connectivity index (χ1n) is 5.55. The molecule has 18 heavy (non-hydrogen) atoms. The van der Waals surface area contributed by atoms with Crippen LogP contribution in [0.3, 0.4) is 0 Å². The average molecular weight is 331 g/mol. The minimum atomic E-state index is -2.78. The van der Waals surface area contributed by atoms with Crippen molar-refractivity contribution < 1.29 is 8.78 Å². The molecule has 6 heteroatoms. The topological polar surface area (TPSA) is 25.8 Å². The summed E-state index contributed by atoms with van der Waals surface area (Å²) in [5.74, 6) is -2.78. The van der Waals surface area contributed by atoms with Crippen molar-refractivity contribution in [3.63, 3.8) is 0 Å². The normalized spacial score (nSPS) is 17.5. The molecule has 3 rings (SSSR count). The summed E-state index contributed by atoms with van der Waals surface area (Å²) in [5.41, 5.74) is 0.744. The van der Waals surface area contributed by atoms with Crippen LogP contribution in [0.1, 0.15) is 23.4 Å². The summed E-state index contributed by atoms with van der Waals surface area (Å²) in [6, 6.07) is 1.84. The van der Waals surface area contributed by atoms with Gasteiger partial charge >= 0.3 is 0 Å². The Labute approximate surface area is 115 Å². The number of halogens is 3. The molecule has 0 spiro atoms. The Hall–Kier alpha value is -0.880. The van der Waals surface area contributed by atoms with Crippen molar-refractivity contribution in [2.75, 3.05) is 0 Å². The number of hydrogen-bond donors (Lipinski definition) is 0. The van der Waals surface area contributed by atoms with Gasteiger partial charge in [-0.05, 0) is 34.8 Å². The van der Waals surface area contributed by atoms with Gasteiger partial charge in [0.1, 0.15) is 10.7 Å². The number of nitrogens with zero attached hydrogens (tertiary/aromatic N) is 2. The first-order valence-corrected chi connectivity index (χ1v) is 7.16. The van der Waals surface area contributed by atoms with E-state index in [4.69, 9.17) is 0 Å². The molecule has 0 amide bonds. The molecule has 0 saturated carbocycles. The van der Waals surface area contributed by atoms with Gasteiger partial charge in [0, 0.05) is 33.7 Å². The van der Waals surface area contributed by atoms with Gasteiger partial charge < -0.3 is 0 Å². The first-order chi connectivity index (χ1) is 8.56. The molecule has 0 unspecified atom stereocenters. The van der Waals surface area contributed by atoms with Crippen molar-refractivity contribution in [3.8, 4) is 10.6 Å². The Bertz CT molecular complexity index is 598. The second kappa shape index (κ2) is 4.35. The Balaban J connectivity index is 2.08. The number of fused-ring (bicyclic) bond motifs is 1. The van der Waals surface area contributed by atoms with Gasteiger partial charge in [-0.3, -0.25) is 4.98 Å². The zero-order valence-corrected chi connectivity index (χ0v) is 11.7. The third-order valence-electron chi connectivity index (χ3n) is 2.89. The zero-order chi connectivity index (χ0) is 12.8. The molecule has 0 aromatic carbocycles. The number of pyridine rings is 1. The molecule has 1 aliphatic rings. The summed E-state index contributed by atoms with van der Waals surface area (Å²) < 4.78 is 28.3. The molecular formula is C12H9BrF2N2S. The molecule has 2 heterocycles. The average Bonchev–Trinajstić information content (AvgIpc) is 2.74. The lowest BCUT2D eigenvalue weighted by Gasteiger charge is -2.19. The molecule has 2 nitrogen and oxygen atoms in total. The van der Waals surface area contributed by atoms with Crippen LogP contribution in [0.15, 0.2) is 22.9 Å². The highest BCUT2D eigenvalue weighted by Gasteiger charge is 2.40. The SMILES string of the molecule is FC1(F)CCCc2sc(-c3cncc(Br)c3)nc21. The Kier molecular flexibility index (Phi) is 2.94. The van der Waals surface area contributed by atoms with Crippen LogP contribution in [-0.4, -0.2) is 9.97 Å². The summed E-state index contributed by atoms with van der Waals surface area (Å²) in [4.78, 5) is 8.87. The third-order valence-corrected chi connectivity index (χ3v) is 4.49. The maximum Gasteiger partial charge on any atom is 0.290 e. The molecule has 1 aliphatic carbocycles. The van der Waals surface area contributed by atoms with Crippen LogP contribution in [0.25, 0.3) is 10.6 Å². The van der Waals surface area contributed by atoms with Crippen LogP contribution in [-0.2, 0) is 12.3 Å². The molecule has 0 aliphatic heterocycles. The molecule has 0 saturated heterocycles. The Morgan fingerprint density at radius 3 is 2.89 bits per heavy atom. The number of hydrogen-bond acceptors (Lipinski definition) is 3. The van der Waals surface area contributed by atoms with Gasteiger partial charge in [-0.15, -0.1) is 11.3 Å². The van der Waals surface area contributed by atoms with Gasteiger partial charge in [0.2, 0.25) is 0 Å². The van der Waals surface area contributed by atoms with Gasteiger partial charge in [-0.2, -0.15) is 8.78 Å². The standard InChI is InChI=1S/C12H9BrF2N2S/c13-8-4-7(5-16-6-8)11-17-10-9(18-11)2-1-3-12(10,14)15/h4-6H,1-3H2. The minimum absolute atomic E-state index is 0.0336. The molecular weight excluding hydrogens is 322 g/mol. The maximum absolute atomic E-state index is 13.7. The number of rotatable bonds is 1. The number of thiazole rings is 1. The Morgan fingerprint density at radius 1 is 1.33 bits per heavy atom. The van der Waals surface area contributed by atoms with E-state index in [0.29, 0.717) is 22.7 Å². The highest BCUT2D eigenvalue weighted by molar-refractivity contribution is 9.10. The van der Waals surface area contributed by atoms with E-state index in [1.807, 2.05) is 6.07 Å². The molecule has 0 atom stereocenters. The molecule has 94 valence electrons. The molecule has 0 fully saturated rings. The highest BCUT2D eigenvalue weighted by atomic mass is 79.9. The maximum atomic E-state index is 13.7. The number of aryl methyl sites for hydroxylation is 1. The first kappa shape index (κ1) is 12.2. The number of alkyl halides is 2. The van der Waals surface area contributed by atoms with Gasteiger partial charge in [-0.25, -0.2) is 4.98 Å².